The summed E-state index contributed by atoms with van der Waals surface area (Å²) in [4.78, 5) is 11.5. The molecule has 0 amide bonds. The van der Waals surface area contributed by atoms with Crippen molar-refractivity contribution in [2.75, 3.05) is 0 Å². The number of halogens is 9. The lowest BCUT2D eigenvalue weighted by atomic mass is 9.85. The van der Waals surface area contributed by atoms with Crippen LogP contribution in [0.5, 0.6) is 5.75 Å². The Balaban J connectivity index is 2.45. The lowest BCUT2D eigenvalue weighted by Gasteiger charge is -2.38. The van der Waals surface area contributed by atoms with E-state index < -0.39 is 42.3 Å². The number of rotatable bonds is 3. The van der Waals surface area contributed by atoms with Gasteiger partial charge in [0.1, 0.15) is 11.7 Å². The largest absolute Gasteiger partial charge is 0.460 e. The average molecular weight is 366 g/mol. The maximum atomic E-state index is 13.8. The fourth-order valence-electron chi connectivity index (χ4n) is 2.14. The van der Waals surface area contributed by atoms with E-state index in [9.17, 15) is 44.3 Å². The molecule has 0 spiro atoms. The van der Waals surface area contributed by atoms with E-state index in [4.69, 9.17) is 0 Å². The van der Waals surface area contributed by atoms with E-state index in [2.05, 4.69) is 4.74 Å². The van der Waals surface area contributed by atoms with Crippen LogP contribution in [0.25, 0.3) is 0 Å². The first-order valence-electron chi connectivity index (χ1n) is 6.23. The minimum atomic E-state index is -7.04. The van der Waals surface area contributed by atoms with Gasteiger partial charge in [-0.3, -0.25) is 4.79 Å². The number of fused-ring (bicyclic) bond motifs is 1. The summed E-state index contributed by atoms with van der Waals surface area (Å²) in [5, 5.41) is 0. The minimum Gasteiger partial charge on any atom is -0.426 e. The predicted molar refractivity (Wildman–Crippen MR) is 60.2 cm³/mol. The monoisotopic (exact) mass is 366 g/mol. The maximum Gasteiger partial charge on any atom is 0.460 e. The molecule has 1 heterocycles. The van der Waals surface area contributed by atoms with Crippen molar-refractivity contribution in [2.45, 2.75) is 30.4 Å². The number of carbonyl (C=O) groups excluding carboxylic acids is 1. The molecule has 0 fully saturated rings. The third-order valence-corrected chi connectivity index (χ3v) is 3.50. The molecule has 1 aromatic carbocycles. The molecule has 24 heavy (non-hydrogen) atoms. The highest BCUT2D eigenvalue weighted by atomic mass is 19.4. The first kappa shape index (κ1) is 18.4. The second-order valence-electron chi connectivity index (χ2n) is 5.06. The zero-order valence-corrected chi connectivity index (χ0v) is 11.3. The zero-order chi connectivity index (χ0) is 18.6. The molecule has 0 saturated carbocycles. The smallest absolute Gasteiger partial charge is 0.426 e. The molecule has 0 N–H and O–H groups in total. The molecule has 1 unspecified atom stereocenters. The van der Waals surface area contributed by atoms with E-state index in [1.165, 1.54) is 12.1 Å². The molecule has 134 valence electrons. The van der Waals surface area contributed by atoms with Gasteiger partial charge in [-0.1, -0.05) is 18.2 Å². The summed E-state index contributed by atoms with van der Waals surface area (Å²) in [6.07, 6.45) is -8.11. The van der Waals surface area contributed by atoms with Crippen LogP contribution in [-0.2, 0) is 11.2 Å². The van der Waals surface area contributed by atoms with Crippen molar-refractivity contribution in [3.63, 3.8) is 0 Å². The van der Waals surface area contributed by atoms with Crippen LogP contribution in [0.2, 0.25) is 0 Å². The van der Waals surface area contributed by atoms with Gasteiger partial charge in [-0.15, -0.1) is 0 Å². The second kappa shape index (κ2) is 5.28. The molecule has 1 aliphatic heterocycles. The van der Waals surface area contributed by atoms with Gasteiger partial charge in [0.15, 0.2) is 0 Å². The lowest BCUT2D eigenvalue weighted by Crippen LogP contribution is -2.64. The van der Waals surface area contributed by atoms with Gasteiger partial charge in [-0.2, -0.15) is 39.5 Å². The Labute approximate surface area is 128 Å². The van der Waals surface area contributed by atoms with E-state index >= 15 is 0 Å². The van der Waals surface area contributed by atoms with Crippen LogP contribution < -0.4 is 4.74 Å². The van der Waals surface area contributed by atoms with E-state index in [-0.39, 0.29) is 11.3 Å². The molecule has 11 heteroatoms. The van der Waals surface area contributed by atoms with Crippen molar-refractivity contribution >= 4 is 5.97 Å². The summed E-state index contributed by atoms with van der Waals surface area (Å²) in [5.41, 5.74) is -0.201. The Kier molecular flexibility index (Phi) is 4.05. The van der Waals surface area contributed by atoms with E-state index in [1.54, 1.807) is 0 Å². The Bertz CT molecular complexity index is 651. The number of carbonyl (C=O) groups is 1. The lowest BCUT2D eigenvalue weighted by molar-refractivity contribution is -0.401. The van der Waals surface area contributed by atoms with Gasteiger partial charge in [0.2, 0.25) is 0 Å². The third kappa shape index (κ3) is 2.49. The molecule has 0 aliphatic carbocycles. The molecule has 0 bridgehead atoms. The Hall–Kier alpha value is -1.94. The number of ether oxygens (including phenoxy) is 1. The fourth-order valence-corrected chi connectivity index (χ4v) is 2.14. The number of alkyl halides is 9. The van der Waals surface area contributed by atoms with Crippen LogP contribution in [0.3, 0.4) is 0 Å². The SMILES string of the molecule is O=C1Oc2ccccc2CC1C(F)(F)C(F)(F)C(F)(F)C(F)(F)F. The van der Waals surface area contributed by atoms with Gasteiger partial charge in [0.25, 0.3) is 0 Å². The Morgan fingerprint density at radius 1 is 0.875 bits per heavy atom. The van der Waals surface area contributed by atoms with Crippen molar-refractivity contribution in [1.82, 2.24) is 0 Å². The molecular weight excluding hydrogens is 359 g/mol. The summed E-state index contributed by atoms with van der Waals surface area (Å²) in [6, 6.07) is 4.79. The van der Waals surface area contributed by atoms with E-state index in [0.717, 1.165) is 12.1 Å². The van der Waals surface area contributed by atoms with Crippen LogP contribution in [0.15, 0.2) is 24.3 Å². The normalized spacial score (nSPS) is 19.7. The molecule has 0 radical (unpaired) electrons. The second-order valence-corrected chi connectivity index (χ2v) is 5.06. The van der Waals surface area contributed by atoms with Crippen LogP contribution in [-0.4, -0.2) is 29.9 Å². The highest BCUT2D eigenvalue weighted by Gasteiger charge is 2.83. The molecular formula is C13H7F9O2. The average Bonchev–Trinajstić information content (AvgIpc) is 2.44. The number of hydrogen-bond donors (Lipinski definition) is 0. The van der Waals surface area contributed by atoms with Crippen molar-refractivity contribution in [1.29, 1.82) is 0 Å². The number of esters is 1. The highest BCUT2D eigenvalue weighted by molar-refractivity contribution is 5.79. The van der Waals surface area contributed by atoms with Crippen molar-refractivity contribution in [3.05, 3.63) is 29.8 Å². The van der Waals surface area contributed by atoms with E-state index in [1.807, 2.05) is 0 Å². The van der Waals surface area contributed by atoms with Crippen LogP contribution in [0.1, 0.15) is 5.56 Å². The summed E-state index contributed by atoms with van der Waals surface area (Å²) < 4.78 is 121. The summed E-state index contributed by atoms with van der Waals surface area (Å²) in [5.74, 6) is -25.4. The third-order valence-electron chi connectivity index (χ3n) is 3.50. The Morgan fingerprint density at radius 2 is 1.42 bits per heavy atom. The minimum absolute atomic E-state index is 0.201. The first-order valence-corrected chi connectivity index (χ1v) is 6.23. The summed E-state index contributed by atoms with van der Waals surface area (Å²) in [6.45, 7) is 0. The molecule has 0 saturated heterocycles. The topological polar surface area (TPSA) is 26.3 Å². The standard InChI is InChI=1S/C13H7F9O2/c14-10(15,11(16,17)12(18,19)13(20,21)22)7-5-6-3-1-2-4-8(6)24-9(7)23/h1-4,7H,5H2. The zero-order valence-electron chi connectivity index (χ0n) is 11.3. The van der Waals surface area contributed by atoms with Gasteiger partial charge in [-0.25, -0.2) is 0 Å². The summed E-state index contributed by atoms with van der Waals surface area (Å²) in [7, 11) is 0. The number of para-hydroxylation sites is 1. The van der Waals surface area contributed by atoms with Gasteiger partial charge in [-0.05, 0) is 18.1 Å². The van der Waals surface area contributed by atoms with Crippen molar-refractivity contribution in [2.24, 2.45) is 5.92 Å². The highest BCUT2D eigenvalue weighted by Crippen LogP contribution is 2.56. The van der Waals surface area contributed by atoms with Gasteiger partial charge >= 0.3 is 29.9 Å². The molecule has 2 rings (SSSR count). The van der Waals surface area contributed by atoms with Crippen LogP contribution >= 0.6 is 0 Å². The first-order chi connectivity index (χ1) is 10.7. The van der Waals surface area contributed by atoms with Crippen LogP contribution in [0.4, 0.5) is 39.5 Å². The molecule has 1 atom stereocenters. The van der Waals surface area contributed by atoms with Crippen LogP contribution in [0, 0.1) is 5.92 Å². The molecule has 1 aromatic rings. The van der Waals surface area contributed by atoms with Gasteiger partial charge in [0, 0.05) is 0 Å². The van der Waals surface area contributed by atoms with Gasteiger partial charge in [0.05, 0.1) is 0 Å². The maximum absolute atomic E-state index is 13.8. The molecule has 2 nitrogen and oxygen atoms in total. The fraction of sp³-hybridized carbons (Fsp3) is 0.462. The molecule has 0 aromatic heterocycles. The predicted octanol–water partition coefficient (Wildman–Crippen LogP) is 4.23. The molecule has 1 aliphatic rings. The van der Waals surface area contributed by atoms with E-state index in [0.29, 0.717) is 0 Å². The Morgan fingerprint density at radius 3 is 1.96 bits per heavy atom. The van der Waals surface area contributed by atoms with Crippen molar-refractivity contribution in [3.8, 4) is 5.75 Å². The quantitative estimate of drug-likeness (QED) is 0.455. The number of hydrogen-bond acceptors (Lipinski definition) is 2. The van der Waals surface area contributed by atoms with Gasteiger partial charge < -0.3 is 4.74 Å². The summed E-state index contributed by atoms with van der Waals surface area (Å²) >= 11 is 0. The number of benzene rings is 1. The van der Waals surface area contributed by atoms with Crippen molar-refractivity contribution < 1.29 is 49.0 Å².